The lowest BCUT2D eigenvalue weighted by atomic mass is 10.0. The molecule has 4 nitrogen and oxygen atoms in total. The highest BCUT2D eigenvalue weighted by molar-refractivity contribution is 6.33. The molecule has 0 bridgehead atoms. The highest BCUT2D eigenvalue weighted by Crippen LogP contribution is 2.36. The molecule has 2 aliphatic heterocycles. The molecule has 2 saturated heterocycles. The zero-order valence-electron chi connectivity index (χ0n) is 10.4. The van der Waals surface area contributed by atoms with E-state index < -0.39 is 0 Å². The topological polar surface area (TPSA) is 34.6 Å². The number of aromatic nitrogens is 1. The van der Waals surface area contributed by atoms with Gasteiger partial charge in [-0.3, -0.25) is 4.98 Å². The van der Waals surface area contributed by atoms with Gasteiger partial charge in [0.05, 0.1) is 23.4 Å². The molecule has 5 heteroatoms. The highest BCUT2D eigenvalue weighted by Gasteiger charge is 2.42. The number of ether oxygens (including phenoxy) is 2. The maximum Gasteiger partial charge on any atom is 0.172 e. The summed E-state index contributed by atoms with van der Waals surface area (Å²) in [5, 5.41) is 0.704. The Labute approximate surface area is 112 Å². The Bertz CT molecular complexity index is 433. The summed E-state index contributed by atoms with van der Waals surface area (Å²) in [6.45, 7) is 4.56. The molecule has 3 rings (SSSR count). The summed E-state index contributed by atoms with van der Waals surface area (Å²) in [5.74, 6) is -0.352. The van der Waals surface area contributed by atoms with E-state index in [1.54, 1.807) is 12.4 Å². The Kier molecular flexibility index (Phi) is 3.18. The van der Waals surface area contributed by atoms with Gasteiger partial charge in [0, 0.05) is 38.3 Å². The summed E-state index contributed by atoms with van der Waals surface area (Å²) < 4.78 is 11.7. The van der Waals surface area contributed by atoms with Gasteiger partial charge in [-0.15, -0.1) is 0 Å². The summed E-state index contributed by atoms with van der Waals surface area (Å²) in [6.07, 6.45) is 5.44. The van der Waals surface area contributed by atoms with Crippen LogP contribution in [-0.2, 0) is 9.47 Å². The molecule has 0 aliphatic carbocycles. The predicted molar refractivity (Wildman–Crippen MR) is 69.9 cm³/mol. The third-order valence-corrected chi connectivity index (χ3v) is 3.91. The standard InChI is InChI=1S/C13H17ClN2O2/c1-10-9-17-13(18-10)3-6-16(7-4-13)12-2-5-15-8-11(12)14/h2,5,8,10H,3-4,6-7,9H2,1H3/t10-/m0/s1. The lowest BCUT2D eigenvalue weighted by molar-refractivity contribution is -0.178. The van der Waals surface area contributed by atoms with Crippen LogP contribution in [0.25, 0.3) is 0 Å². The fourth-order valence-electron chi connectivity index (χ4n) is 2.68. The second kappa shape index (κ2) is 4.68. The molecular weight excluding hydrogens is 252 g/mol. The minimum atomic E-state index is -0.352. The molecule has 1 aromatic heterocycles. The first-order valence-electron chi connectivity index (χ1n) is 6.35. The van der Waals surface area contributed by atoms with E-state index in [4.69, 9.17) is 21.1 Å². The smallest absolute Gasteiger partial charge is 0.172 e. The second-order valence-electron chi connectivity index (χ2n) is 4.96. The van der Waals surface area contributed by atoms with Crippen LogP contribution in [0.4, 0.5) is 5.69 Å². The summed E-state index contributed by atoms with van der Waals surface area (Å²) in [7, 11) is 0. The van der Waals surface area contributed by atoms with Crippen molar-refractivity contribution in [1.82, 2.24) is 4.98 Å². The molecule has 0 N–H and O–H groups in total. The third-order valence-electron chi connectivity index (χ3n) is 3.61. The van der Waals surface area contributed by atoms with Crippen LogP contribution in [0.1, 0.15) is 19.8 Å². The summed E-state index contributed by atoms with van der Waals surface area (Å²) >= 11 is 6.17. The molecule has 2 fully saturated rings. The van der Waals surface area contributed by atoms with Crippen LogP contribution < -0.4 is 4.90 Å². The van der Waals surface area contributed by atoms with Gasteiger partial charge in [-0.25, -0.2) is 0 Å². The zero-order chi connectivity index (χ0) is 12.6. The van der Waals surface area contributed by atoms with E-state index in [1.807, 2.05) is 6.07 Å². The molecule has 1 atom stereocenters. The Balaban J connectivity index is 1.69. The summed E-state index contributed by atoms with van der Waals surface area (Å²) in [4.78, 5) is 6.28. The number of nitrogens with zero attached hydrogens (tertiary/aromatic N) is 2. The van der Waals surface area contributed by atoms with Gasteiger partial charge in [-0.2, -0.15) is 0 Å². The second-order valence-corrected chi connectivity index (χ2v) is 5.37. The molecule has 0 aromatic carbocycles. The summed E-state index contributed by atoms with van der Waals surface area (Å²) in [6, 6.07) is 1.96. The number of anilines is 1. The van der Waals surface area contributed by atoms with Crippen LogP contribution >= 0.6 is 11.6 Å². The minimum absolute atomic E-state index is 0.209. The number of pyridine rings is 1. The maximum absolute atomic E-state index is 6.17. The van der Waals surface area contributed by atoms with E-state index in [1.165, 1.54) is 0 Å². The molecule has 0 saturated carbocycles. The maximum atomic E-state index is 6.17. The Morgan fingerprint density at radius 1 is 1.44 bits per heavy atom. The van der Waals surface area contributed by atoms with Crippen LogP contribution in [0, 0.1) is 0 Å². The van der Waals surface area contributed by atoms with Crippen molar-refractivity contribution in [1.29, 1.82) is 0 Å². The molecule has 0 unspecified atom stereocenters. The molecule has 1 aromatic rings. The molecule has 1 spiro atoms. The van der Waals surface area contributed by atoms with Crippen molar-refractivity contribution in [2.45, 2.75) is 31.7 Å². The van der Waals surface area contributed by atoms with Crippen LogP contribution in [0.3, 0.4) is 0 Å². The van der Waals surface area contributed by atoms with E-state index >= 15 is 0 Å². The summed E-state index contributed by atoms with van der Waals surface area (Å²) in [5.41, 5.74) is 1.05. The average molecular weight is 269 g/mol. The van der Waals surface area contributed by atoms with Crippen molar-refractivity contribution in [2.75, 3.05) is 24.6 Å². The molecule has 0 radical (unpaired) electrons. The van der Waals surface area contributed by atoms with Crippen LogP contribution in [0.15, 0.2) is 18.5 Å². The van der Waals surface area contributed by atoms with Crippen molar-refractivity contribution in [2.24, 2.45) is 0 Å². The number of halogens is 1. The van der Waals surface area contributed by atoms with E-state index in [0.29, 0.717) is 11.6 Å². The SMILES string of the molecule is C[C@H]1COC2(CCN(c3ccncc3Cl)CC2)O1. The van der Waals surface area contributed by atoms with Gasteiger partial charge >= 0.3 is 0 Å². The van der Waals surface area contributed by atoms with E-state index in [9.17, 15) is 0 Å². The lowest BCUT2D eigenvalue weighted by Crippen LogP contribution is -2.45. The van der Waals surface area contributed by atoms with Crippen LogP contribution in [0.5, 0.6) is 0 Å². The Morgan fingerprint density at radius 3 is 2.83 bits per heavy atom. The zero-order valence-corrected chi connectivity index (χ0v) is 11.2. The molecule has 18 heavy (non-hydrogen) atoms. The first-order valence-corrected chi connectivity index (χ1v) is 6.73. The van der Waals surface area contributed by atoms with E-state index in [0.717, 1.165) is 31.6 Å². The fourth-order valence-corrected chi connectivity index (χ4v) is 2.92. The van der Waals surface area contributed by atoms with Gasteiger partial charge in [0.2, 0.25) is 0 Å². The Morgan fingerprint density at radius 2 is 2.22 bits per heavy atom. The van der Waals surface area contributed by atoms with Gasteiger partial charge in [0.25, 0.3) is 0 Å². The third kappa shape index (κ3) is 2.20. The van der Waals surface area contributed by atoms with Gasteiger partial charge in [0.15, 0.2) is 5.79 Å². The van der Waals surface area contributed by atoms with Gasteiger partial charge in [0.1, 0.15) is 0 Å². The van der Waals surface area contributed by atoms with Crippen molar-refractivity contribution < 1.29 is 9.47 Å². The predicted octanol–water partition coefficient (Wildman–Crippen LogP) is 2.47. The van der Waals surface area contributed by atoms with E-state index in [2.05, 4.69) is 16.8 Å². The first kappa shape index (κ1) is 12.2. The number of piperidine rings is 1. The highest BCUT2D eigenvalue weighted by atomic mass is 35.5. The lowest BCUT2D eigenvalue weighted by Gasteiger charge is -2.39. The van der Waals surface area contributed by atoms with Crippen molar-refractivity contribution >= 4 is 17.3 Å². The largest absolute Gasteiger partial charge is 0.370 e. The molecule has 3 heterocycles. The minimum Gasteiger partial charge on any atom is -0.370 e. The number of hydrogen-bond donors (Lipinski definition) is 0. The van der Waals surface area contributed by atoms with E-state index in [-0.39, 0.29) is 11.9 Å². The van der Waals surface area contributed by atoms with Crippen LogP contribution in [0.2, 0.25) is 5.02 Å². The number of hydrogen-bond acceptors (Lipinski definition) is 4. The Hall–Kier alpha value is -0.840. The molecular formula is C13H17ClN2O2. The quantitative estimate of drug-likeness (QED) is 0.784. The molecule has 2 aliphatic rings. The monoisotopic (exact) mass is 268 g/mol. The van der Waals surface area contributed by atoms with Crippen molar-refractivity contribution in [3.05, 3.63) is 23.5 Å². The molecule has 0 amide bonds. The van der Waals surface area contributed by atoms with Gasteiger partial charge < -0.3 is 14.4 Å². The fraction of sp³-hybridized carbons (Fsp3) is 0.615. The normalized spacial score (nSPS) is 26.8. The number of rotatable bonds is 1. The average Bonchev–Trinajstić information content (AvgIpc) is 2.73. The van der Waals surface area contributed by atoms with Gasteiger partial charge in [-0.05, 0) is 13.0 Å². The molecule has 98 valence electrons. The van der Waals surface area contributed by atoms with Crippen molar-refractivity contribution in [3.63, 3.8) is 0 Å². The van der Waals surface area contributed by atoms with Crippen molar-refractivity contribution in [3.8, 4) is 0 Å². The first-order chi connectivity index (χ1) is 8.69. The van der Waals surface area contributed by atoms with Crippen LogP contribution in [-0.4, -0.2) is 36.6 Å². The van der Waals surface area contributed by atoms with Gasteiger partial charge in [-0.1, -0.05) is 11.6 Å².